The summed E-state index contributed by atoms with van der Waals surface area (Å²) in [7, 11) is 0. The Kier molecular flexibility index (Phi) is 5.90. The maximum atomic E-state index is 12.1. The summed E-state index contributed by atoms with van der Waals surface area (Å²) < 4.78 is 5.29. The van der Waals surface area contributed by atoms with Gasteiger partial charge in [0.25, 0.3) is 0 Å². The molecule has 0 atom stereocenters. The number of benzene rings is 2. The van der Waals surface area contributed by atoms with Crippen molar-refractivity contribution in [2.24, 2.45) is 0 Å². The average Bonchev–Trinajstić information content (AvgIpc) is 2.60. The van der Waals surface area contributed by atoms with Crippen molar-refractivity contribution in [3.05, 3.63) is 71.8 Å². The Bertz CT molecular complexity index is 727. The molecule has 4 nitrogen and oxygen atoms in total. The van der Waals surface area contributed by atoms with Crippen LogP contribution in [0.25, 0.3) is 5.57 Å². The van der Waals surface area contributed by atoms with Gasteiger partial charge in [-0.05, 0) is 53.8 Å². The lowest BCUT2D eigenvalue weighted by Gasteiger charge is -2.09. The third kappa shape index (κ3) is 4.56. The number of carbonyl (C=O) groups is 2. The van der Waals surface area contributed by atoms with Crippen molar-refractivity contribution in [2.45, 2.75) is 26.2 Å². The van der Waals surface area contributed by atoms with Crippen LogP contribution in [0.5, 0.6) is 5.75 Å². The highest BCUT2D eigenvalue weighted by Crippen LogP contribution is 2.18. The minimum atomic E-state index is -1.33. The lowest BCUT2D eigenvalue weighted by Crippen LogP contribution is -2.22. The van der Waals surface area contributed by atoms with Crippen LogP contribution in [0.2, 0.25) is 0 Å². The monoisotopic (exact) mass is 323 g/mol. The van der Waals surface area contributed by atoms with E-state index in [4.69, 9.17) is 4.74 Å². The van der Waals surface area contributed by atoms with Crippen LogP contribution in [-0.4, -0.2) is 11.9 Å². The molecule has 0 aliphatic rings. The highest BCUT2D eigenvalue weighted by Gasteiger charge is 2.09. The second-order valence-corrected chi connectivity index (χ2v) is 5.48. The molecule has 0 amide bonds. The summed E-state index contributed by atoms with van der Waals surface area (Å²) in [6.07, 6.45) is 3.24. The Morgan fingerprint density at radius 3 is 2.12 bits per heavy atom. The van der Waals surface area contributed by atoms with Crippen LogP contribution in [0.1, 0.15) is 41.3 Å². The van der Waals surface area contributed by atoms with E-state index in [-0.39, 0.29) is 5.57 Å². The predicted octanol–water partition coefficient (Wildman–Crippen LogP) is 3.01. The molecular weight excluding hydrogens is 304 g/mol. The third-order valence-corrected chi connectivity index (χ3v) is 3.67. The highest BCUT2D eigenvalue weighted by atomic mass is 16.5. The van der Waals surface area contributed by atoms with Crippen LogP contribution in [-0.2, 0) is 11.2 Å². The molecule has 2 rings (SSSR count). The van der Waals surface area contributed by atoms with Crippen molar-refractivity contribution < 1.29 is 19.4 Å². The van der Waals surface area contributed by atoms with Crippen LogP contribution < -0.4 is 9.84 Å². The molecule has 0 bridgehead atoms. The molecule has 4 heteroatoms. The molecule has 0 N–H and O–H groups in total. The van der Waals surface area contributed by atoms with E-state index in [0.717, 1.165) is 19.3 Å². The van der Waals surface area contributed by atoms with Gasteiger partial charge in [-0.15, -0.1) is 0 Å². The molecule has 0 saturated carbocycles. The molecule has 0 aliphatic carbocycles. The first-order valence-electron chi connectivity index (χ1n) is 7.83. The van der Waals surface area contributed by atoms with Gasteiger partial charge in [-0.25, -0.2) is 4.79 Å². The molecular formula is C20H19O4-. The molecule has 0 aromatic heterocycles. The Morgan fingerprint density at radius 1 is 1.00 bits per heavy atom. The van der Waals surface area contributed by atoms with Crippen molar-refractivity contribution in [3.63, 3.8) is 0 Å². The number of hydrogen-bond acceptors (Lipinski definition) is 4. The summed E-state index contributed by atoms with van der Waals surface area (Å²) >= 11 is 0. The minimum absolute atomic E-state index is 0.115. The quantitative estimate of drug-likeness (QED) is 0.446. The molecule has 0 saturated heterocycles. The lowest BCUT2D eigenvalue weighted by atomic mass is 10.1. The van der Waals surface area contributed by atoms with Crippen LogP contribution in [0.3, 0.4) is 0 Å². The molecule has 124 valence electrons. The van der Waals surface area contributed by atoms with E-state index in [0.29, 0.717) is 16.9 Å². The Balaban J connectivity index is 2.01. The van der Waals surface area contributed by atoms with Crippen molar-refractivity contribution >= 4 is 17.5 Å². The molecule has 0 radical (unpaired) electrons. The molecule has 0 unspecified atom stereocenters. The van der Waals surface area contributed by atoms with Crippen molar-refractivity contribution in [3.8, 4) is 5.75 Å². The number of ether oxygens (including phenoxy) is 1. The van der Waals surface area contributed by atoms with Gasteiger partial charge in [0.05, 0.1) is 11.5 Å². The summed E-state index contributed by atoms with van der Waals surface area (Å²) in [5.41, 5.74) is 1.96. The second-order valence-electron chi connectivity index (χ2n) is 5.48. The van der Waals surface area contributed by atoms with Crippen LogP contribution >= 0.6 is 0 Å². The van der Waals surface area contributed by atoms with Crippen molar-refractivity contribution in [1.82, 2.24) is 0 Å². The van der Waals surface area contributed by atoms with Crippen molar-refractivity contribution in [1.29, 1.82) is 0 Å². The number of esters is 1. The van der Waals surface area contributed by atoms with Gasteiger partial charge in [0.15, 0.2) is 0 Å². The minimum Gasteiger partial charge on any atom is -0.545 e. The topological polar surface area (TPSA) is 66.4 Å². The van der Waals surface area contributed by atoms with Gasteiger partial charge in [-0.2, -0.15) is 0 Å². The van der Waals surface area contributed by atoms with E-state index in [2.05, 4.69) is 13.5 Å². The third-order valence-electron chi connectivity index (χ3n) is 3.67. The molecule has 2 aromatic carbocycles. The van der Waals surface area contributed by atoms with Gasteiger partial charge in [0.1, 0.15) is 5.75 Å². The number of unbranched alkanes of at least 4 members (excludes halogenated alkanes) is 1. The van der Waals surface area contributed by atoms with E-state index in [9.17, 15) is 14.7 Å². The second kappa shape index (κ2) is 8.11. The zero-order valence-corrected chi connectivity index (χ0v) is 13.6. The maximum Gasteiger partial charge on any atom is 0.343 e. The molecule has 0 aliphatic heterocycles. The Hall–Kier alpha value is -2.88. The fourth-order valence-corrected chi connectivity index (χ4v) is 2.20. The van der Waals surface area contributed by atoms with Crippen LogP contribution in [0.4, 0.5) is 0 Å². The highest BCUT2D eigenvalue weighted by molar-refractivity contribution is 6.13. The summed E-state index contributed by atoms with van der Waals surface area (Å²) in [5, 5.41) is 10.7. The zero-order valence-electron chi connectivity index (χ0n) is 13.6. The number of aryl methyl sites for hydroxylation is 1. The zero-order chi connectivity index (χ0) is 17.5. The van der Waals surface area contributed by atoms with Crippen LogP contribution in [0, 0.1) is 0 Å². The van der Waals surface area contributed by atoms with E-state index in [1.807, 2.05) is 12.1 Å². The number of carboxylic acid groups (broad SMARTS) is 1. The van der Waals surface area contributed by atoms with E-state index < -0.39 is 11.9 Å². The standard InChI is InChI=1S/C20H20O4/c1-3-4-5-15-6-8-17(9-7-15)20(23)24-18-12-10-16(11-13-18)14(2)19(21)22/h6-13H,2-5H2,1H3,(H,21,22)/p-1. The normalized spacial score (nSPS) is 10.2. The molecule has 0 fully saturated rings. The fourth-order valence-electron chi connectivity index (χ4n) is 2.20. The summed E-state index contributed by atoms with van der Waals surface area (Å²) in [4.78, 5) is 22.9. The predicted molar refractivity (Wildman–Crippen MR) is 90.5 cm³/mol. The fraction of sp³-hybridized carbons (Fsp3) is 0.200. The summed E-state index contributed by atoms with van der Waals surface area (Å²) in [6.45, 7) is 5.56. The number of hydrogen-bond donors (Lipinski definition) is 0. The van der Waals surface area contributed by atoms with E-state index >= 15 is 0 Å². The number of carbonyl (C=O) groups excluding carboxylic acids is 2. The number of carboxylic acids is 1. The van der Waals surface area contributed by atoms with E-state index in [1.54, 1.807) is 12.1 Å². The van der Waals surface area contributed by atoms with Gasteiger partial charge in [-0.3, -0.25) is 0 Å². The largest absolute Gasteiger partial charge is 0.545 e. The summed E-state index contributed by atoms with van der Waals surface area (Å²) in [5.74, 6) is -1.45. The van der Waals surface area contributed by atoms with E-state index in [1.165, 1.54) is 29.8 Å². The van der Waals surface area contributed by atoms with Crippen molar-refractivity contribution in [2.75, 3.05) is 0 Å². The average molecular weight is 323 g/mol. The summed E-state index contributed by atoms with van der Waals surface area (Å²) in [6, 6.07) is 13.5. The first-order valence-corrected chi connectivity index (χ1v) is 7.83. The maximum absolute atomic E-state index is 12.1. The van der Waals surface area contributed by atoms with Gasteiger partial charge in [0, 0.05) is 0 Å². The molecule has 0 spiro atoms. The van der Waals surface area contributed by atoms with Gasteiger partial charge < -0.3 is 14.6 Å². The molecule has 0 heterocycles. The smallest absolute Gasteiger partial charge is 0.343 e. The Morgan fingerprint density at radius 2 is 1.58 bits per heavy atom. The first kappa shape index (κ1) is 17.5. The molecule has 2 aromatic rings. The van der Waals surface area contributed by atoms with Gasteiger partial charge in [-0.1, -0.05) is 44.2 Å². The SMILES string of the molecule is C=C(C(=O)[O-])c1ccc(OC(=O)c2ccc(CCCC)cc2)cc1. The lowest BCUT2D eigenvalue weighted by molar-refractivity contribution is -0.295. The molecule has 24 heavy (non-hydrogen) atoms. The van der Waals surface area contributed by atoms with Gasteiger partial charge >= 0.3 is 5.97 Å². The first-order chi connectivity index (χ1) is 11.5. The number of rotatable bonds is 7. The number of aliphatic carboxylic acids is 1. The van der Waals surface area contributed by atoms with Gasteiger partial charge in [0.2, 0.25) is 0 Å². The van der Waals surface area contributed by atoms with Crippen LogP contribution in [0.15, 0.2) is 55.1 Å². The Labute approximate surface area is 141 Å².